The van der Waals surface area contributed by atoms with E-state index in [2.05, 4.69) is 0 Å². The standard InChI is InChI=1S/C29H26N2O4S/c1-35-28-17-8-7-16-27(28)31(21-22-10-3-2-4-11-22)36(33,34)25-14-9-13-24(20-25)29(32)30-19-18-23-12-5-6-15-26(23)30/h2-17,20H,18-19,21H2,1H3. The predicted molar refractivity (Wildman–Crippen MR) is 141 cm³/mol. The number of carbonyl (C=O) groups excluding carboxylic acids is 1. The Hall–Kier alpha value is -4.10. The summed E-state index contributed by atoms with van der Waals surface area (Å²) in [6, 6.07) is 30.5. The van der Waals surface area contributed by atoms with Crippen molar-refractivity contribution in [2.75, 3.05) is 22.9 Å². The first-order valence-electron chi connectivity index (χ1n) is 11.7. The highest BCUT2D eigenvalue weighted by Crippen LogP contribution is 2.34. The van der Waals surface area contributed by atoms with E-state index in [0.717, 1.165) is 23.2 Å². The molecule has 182 valence electrons. The van der Waals surface area contributed by atoms with Crippen molar-refractivity contribution in [1.29, 1.82) is 0 Å². The maximum atomic E-state index is 14.0. The van der Waals surface area contributed by atoms with Crippen molar-refractivity contribution < 1.29 is 17.9 Å². The molecule has 7 heteroatoms. The Bertz CT molecular complexity index is 1500. The fourth-order valence-electron chi connectivity index (χ4n) is 4.51. The number of anilines is 2. The Kier molecular flexibility index (Phi) is 6.48. The van der Waals surface area contributed by atoms with Crippen LogP contribution in [0.15, 0.2) is 108 Å². The van der Waals surface area contributed by atoms with Crippen LogP contribution in [-0.2, 0) is 23.0 Å². The van der Waals surface area contributed by atoms with E-state index in [0.29, 0.717) is 23.5 Å². The normalized spacial score (nSPS) is 12.8. The molecule has 1 amide bonds. The molecule has 0 atom stereocenters. The maximum absolute atomic E-state index is 14.0. The van der Waals surface area contributed by atoms with Crippen molar-refractivity contribution in [2.24, 2.45) is 0 Å². The highest BCUT2D eigenvalue weighted by Gasteiger charge is 2.30. The van der Waals surface area contributed by atoms with E-state index in [1.54, 1.807) is 41.3 Å². The van der Waals surface area contributed by atoms with Crippen molar-refractivity contribution in [3.05, 3.63) is 120 Å². The van der Waals surface area contributed by atoms with E-state index in [4.69, 9.17) is 4.74 Å². The van der Waals surface area contributed by atoms with Crippen molar-refractivity contribution in [1.82, 2.24) is 0 Å². The molecule has 0 aliphatic carbocycles. The number of carbonyl (C=O) groups is 1. The van der Waals surface area contributed by atoms with Gasteiger partial charge in [-0.05, 0) is 53.9 Å². The molecular weight excluding hydrogens is 472 g/mol. The first-order chi connectivity index (χ1) is 17.5. The number of para-hydroxylation sites is 3. The zero-order chi connectivity index (χ0) is 25.1. The van der Waals surface area contributed by atoms with Gasteiger partial charge in [0.15, 0.2) is 0 Å². The van der Waals surface area contributed by atoms with E-state index in [9.17, 15) is 13.2 Å². The monoisotopic (exact) mass is 498 g/mol. The van der Waals surface area contributed by atoms with Crippen LogP contribution in [0.2, 0.25) is 0 Å². The third kappa shape index (κ3) is 4.45. The van der Waals surface area contributed by atoms with Gasteiger partial charge < -0.3 is 9.64 Å². The molecule has 0 radical (unpaired) electrons. The van der Waals surface area contributed by atoms with Gasteiger partial charge in [0.2, 0.25) is 0 Å². The molecule has 0 N–H and O–H groups in total. The second-order valence-electron chi connectivity index (χ2n) is 8.53. The van der Waals surface area contributed by atoms with Crippen LogP contribution in [0.5, 0.6) is 5.75 Å². The molecule has 1 heterocycles. The zero-order valence-corrected chi connectivity index (χ0v) is 20.7. The first kappa shape index (κ1) is 23.6. The summed E-state index contributed by atoms with van der Waals surface area (Å²) < 4.78 is 34.9. The van der Waals surface area contributed by atoms with Crippen molar-refractivity contribution in [3.63, 3.8) is 0 Å². The summed E-state index contributed by atoms with van der Waals surface area (Å²) in [7, 11) is -2.53. The second-order valence-corrected chi connectivity index (χ2v) is 10.4. The van der Waals surface area contributed by atoms with Crippen LogP contribution in [0.1, 0.15) is 21.5 Å². The number of amides is 1. The smallest absolute Gasteiger partial charge is 0.264 e. The Balaban J connectivity index is 1.54. The lowest BCUT2D eigenvalue weighted by Gasteiger charge is -2.26. The molecule has 0 saturated carbocycles. The zero-order valence-electron chi connectivity index (χ0n) is 19.9. The van der Waals surface area contributed by atoms with Crippen LogP contribution in [0.25, 0.3) is 0 Å². The van der Waals surface area contributed by atoms with Gasteiger partial charge in [0.1, 0.15) is 5.75 Å². The topological polar surface area (TPSA) is 66.9 Å². The average Bonchev–Trinajstić information content (AvgIpc) is 3.36. The Labute approximate surface area is 211 Å². The molecule has 4 aromatic rings. The van der Waals surface area contributed by atoms with Crippen LogP contribution in [-0.4, -0.2) is 28.0 Å². The molecule has 0 saturated heterocycles. The number of benzene rings is 4. The van der Waals surface area contributed by atoms with Crippen molar-refractivity contribution in [3.8, 4) is 5.75 Å². The van der Waals surface area contributed by atoms with Crippen LogP contribution in [0.4, 0.5) is 11.4 Å². The molecule has 36 heavy (non-hydrogen) atoms. The van der Waals surface area contributed by atoms with Gasteiger partial charge in [0.25, 0.3) is 15.9 Å². The molecule has 4 aromatic carbocycles. The lowest BCUT2D eigenvalue weighted by molar-refractivity contribution is 0.0989. The Morgan fingerprint density at radius 2 is 1.61 bits per heavy atom. The van der Waals surface area contributed by atoms with Gasteiger partial charge in [-0.25, -0.2) is 8.42 Å². The quantitative estimate of drug-likeness (QED) is 0.347. The van der Waals surface area contributed by atoms with Gasteiger partial charge in [0, 0.05) is 17.8 Å². The number of fused-ring (bicyclic) bond motifs is 1. The number of nitrogens with zero attached hydrogens (tertiary/aromatic N) is 2. The number of hydrogen-bond donors (Lipinski definition) is 0. The largest absolute Gasteiger partial charge is 0.495 e. The fraction of sp³-hybridized carbons (Fsp3) is 0.138. The Morgan fingerprint density at radius 3 is 2.42 bits per heavy atom. The number of ether oxygens (including phenoxy) is 1. The summed E-state index contributed by atoms with van der Waals surface area (Å²) in [5.41, 5.74) is 3.56. The summed E-state index contributed by atoms with van der Waals surface area (Å²) >= 11 is 0. The lowest BCUT2D eigenvalue weighted by atomic mass is 10.1. The van der Waals surface area contributed by atoms with Gasteiger partial charge in [-0.15, -0.1) is 0 Å². The number of hydrogen-bond acceptors (Lipinski definition) is 4. The van der Waals surface area contributed by atoms with E-state index in [1.165, 1.54) is 23.5 Å². The van der Waals surface area contributed by atoms with Gasteiger partial charge in [0.05, 0.1) is 24.2 Å². The third-order valence-electron chi connectivity index (χ3n) is 6.32. The maximum Gasteiger partial charge on any atom is 0.264 e. The van der Waals surface area contributed by atoms with Crippen LogP contribution >= 0.6 is 0 Å². The third-order valence-corrected chi connectivity index (χ3v) is 8.08. The lowest BCUT2D eigenvalue weighted by Crippen LogP contribution is -2.32. The van der Waals surface area contributed by atoms with Gasteiger partial charge in [-0.1, -0.05) is 66.7 Å². The molecule has 0 unspecified atom stereocenters. The first-order valence-corrected chi connectivity index (χ1v) is 13.1. The summed E-state index contributed by atoms with van der Waals surface area (Å²) in [5.74, 6) is 0.224. The number of sulfonamides is 1. The Morgan fingerprint density at radius 1 is 0.889 bits per heavy atom. The molecule has 0 fully saturated rings. The molecule has 5 rings (SSSR count). The minimum Gasteiger partial charge on any atom is -0.495 e. The molecule has 0 aromatic heterocycles. The highest BCUT2D eigenvalue weighted by molar-refractivity contribution is 7.92. The van der Waals surface area contributed by atoms with E-state index in [-0.39, 0.29) is 17.3 Å². The molecule has 1 aliphatic heterocycles. The fourth-order valence-corrected chi connectivity index (χ4v) is 6.02. The van der Waals surface area contributed by atoms with Gasteiger partial charge >= 0.3 is 0 Å². The van der Waals surface area contributed by atoms with Crippen LogP contribution in [0.3, 0.4) is 0 Å². The van der Waals surface area contributed by atoms with Crippen LogP contribution in [0, 0.1) is 0 Å². The van der Waals surface area contributed by atoms with E-state index >= 15 is 0 Å². The highest BCUT2D eigenvalue weighted by atomic mass is 32.2. The molecular formula is C29H26N2O4S. The van der Waals surface area contributed by atoms with Gasteiger partial charge in [-0.2, -0.15) is 0 Å². The summed E-state index contributed by atoms with van der Waals surface area (Å²) in [6.07, 6.45) is 0.776. The molecule has 1 aliphatic rings. The minimum absolute atomic E-state index is 0.0441. The van der Waals surface area contributed by atoms with Crippen molar-refractivity contribution in [2.45, 2.75) is 17.9 Å². The number of methoxy groups -OCH3 is 1. The molecule has 0 bridgehead atoms. The summed E-state index contributed by atoms with van der Waals surface area (Å²) in [4.78, 5) is 15.2. The molecule has 0 spiro atoms. The summed E-state index contributed by atoms with van der Waals surface area (Å²) in [6.45, 7) is 0.678. The second kappa shape index (κ2) is 9.87. The molecule has 6 nitrogen and oxygen atoms in total. The minimum atomic E-state index is -4.04. The van der Waals surface area contributed by atoms with Crippen molar-refractivity contribution >= 4 is 27.3 Å². The SMILES string of the molecule is COc1ccccc1N(Cc1ccccc1)S(=O)(=O)c1cccc(C(=O)N2CCc3ccccc32)c1. The van der Waals surface area contributed by atoms with Crippen LogP contribution < -0.4 is 13.9 Å². The van der Waals surface area contributed by atoms with Gasteiger partial charge in [-0.3, -0.25) is 9.10 Å². The van der Waals surface area contributed by atoms with E-state index in [1.807, 2.05) is 54.6 Å². The number of rotatable bonds is 7. The average molecular weight is 499 g/mol. The van der Waals surface area contributed by atoms with E-state index < -0.39 is 10.0 Å². The summed E-state index contributed by atoms with van der Waals surface area (Å²) in [5, 5.41) is 0. The predicted octanol–water partition coefficient (Wildman–Crippen LogP) is 5.29.